The van der Waals surface area contributed by atoms with E-state index in [2.05, 4.69) is 31.2 Å². The lowest BCUT2D eigenvalue weighted by molar-refractivity contribution is -0.155. The van der Waals surface area contributed by atoms with Gasteiger partial charge in [-0.25, -0.2) is 9.50 Å². The number of aromatic amines is 1. The number of hydrogen-bond donors (Lipinski definition) is 1. The molecular formula is C26H38N6O2. The summed E-state index contributed by atoms with van der Waals surface area (Å²) in [6.07, 6.45) is 12.5. The van der Waals surface area contributed by atoms with Crippen molar-refractivity contribution in [2.75, 3.05) is 19.6 Å². The summed E-state index contributed by atoms with van der Waals surface area (Å²) >= 11 is 0. The third-order valence-electron chi connectivity index (χ3n) is 7.63. The molecule has 8 nitrogen and oxygen atoms in total. The van der Waals surface area contributed by atoms with Gasteiger partial charge in [0.15, 0.2) is 0 Å². The van der Waals surface area contributed by atoms with Crippen LogP contribution in [0.15, 0.2) is 18.6 Å². The fourth-order valence-electron chi connectivity index (χ4n) is 5.85. The van der Waals surface area contributed by atoms with Crippen LogP contribution in [0.3, 0.4) is 0 Å². The van der Waals surface area contributed by atoms with E-state index in [0.29, 0.717) is 18.3 Å². The summed E-state index contributed by atoms with van der Waals surface area (Å²) in [6.45, 7) is 9.33. The molecule has 1 aliphatic carbocycles. The second-order valence-electron chi connectivity index (χ2n) is 11.3. The third-order valence-corrected chi connectivity index (χ3v) is 7.63. The second-order valence-corrected chi connectivity index (χ2v) is 11.3. The minimum Gasteiger partial charge on any atom is -0.460 e. The number of nitrogens with one attached hydrogen (secondary N) is 1. The van der Waals surface area contributed by atoms with Crippen molar-refractivity contribution >= 4 is 22.5 Å². The predicted molar refractivity (Wildman–Crippen MR) is 132 cm³/mol. The van der Waals surface area contributed by atoms with Gasteiger partial charge in [0.1, 0.15) is 23.1 Å². The Balaban J connectivity index is 1.08. The van der Waals surface area contributed by atoms with Crippen LogP contribution in [-0.4, -0.2) is 60.9 Å². The van der Waals surface area contributed by atoms with Crippen molar-refractivity contribution < 1.29 is 9.53 Å². The first-order valence-corrected chi connectivity index (χ1v) is 13.0. The molecule has 184 valence electrons. The highest BCUT2D eigenvalue weighted by molar-refractivity contribution is 5.92. The Morgan fingerprint density at radius 1 is 1.12 bits per heavy atom. The number of carbonyl (C=O) groups is 1. The van der Waals surface area contributed by atoms with Gasteiger partial charge in [0.05, 0.1) is 5.69 Å². The highest BCUT2D eigenvalue weighted by Crippen LogP contribution is 2.38. The highest BCUT2D eigenvalue weighted by Gasteiger charge is 2.29. The van der Waals surface area contributed by atoms with Crippen LogP contribution in [-0.2, 0) is 9.53 Å². The largest absolute Gasteiger partial charge is 0.460 e. The van der Waals surface area contributed by atoms with Gasteiger partial charge in [-0.15, -0.1) is 5.10 Å². The quantitative estimate of drug-likeness (QED) is 0.529. The van der Waals surface area contributed by atoms with Crippen LogP contribution in [0.4, 0.5) is 0 Å². The second kappa shape index (κ2) is 9.64. The van der Waals surface area contributed by atoms with Crippen LogP contribution in [0.5, 0.6) is 0 Å². The first-order chi connectivity index (χ1) is 16.4. The van der Waals surface area contributed by atoms with Crippen molar-refractivity contribution in [1.82, 2.24) is 29.7 Å². The summed E-state index contributed by atoms with van der Waals surface area (Å²) in [5.74, 6) is 1.85. The van der Waals surface area contributed by atoms with Crippen LogP contribution < -0.4 is 0 Å². The Labute approximate surface area is 201 Å². The van der Waals surface area contributed by atoms with Gasteiger partial charge >= 0.3 is 5.97 Å². The molecule has 1 saturated heterocycles. The van der Waals surface area contributed by atoms with E-state index in [0.717, 1.165) is 47.7 Å². The van der Waals surface area contributed by atoms with Crippen molar-refractivity contribution in [3.8, 4) is 0 Å². The summed E-state index contributed by atoms with van der Waals surface area (Å²) in [6, 6.07) is 2.08. The van der Waals surface area contributed by atoms with E-state index in [1.807, 2.05) is 31.5 Å². The number of fused-ring (bicyclic) bond motifs is 3. The van der Waals surface area contributed by atoms with Crippen molar-refractivity contribution in [2.24, 2.45) is 11.8 Å². The van der Waals surface area contributed by atoms with Crippen LogP contribution >= 0.6 is 0 Å². The number of nitrogens with zero attached hydrogens (tertiary/aromatic N) is 5. The molecule has 0 amide bonds. The van der Waals surface area contributed by atoms with E-state index >= 15 is 0 Å². The molecule has 0 bridgehead atoms. The number of piperidine rings is 1. The minimum absolute atomic E-state index is 0.0547. The highest BCUT2D eigenvalue weighted by atomic mass is 16.6. The maximum Gasteiger partial charge on any atom is 0.306 e. The average Bonchev–Trinajstić information content (AvgIpc) is 3.45. The monoisotopic (exact) mass is 466 g/mol. The molecule has 2 fully saturated rings. The van der Waals surface area contributed by atoms with Gasteiger partial charge in [0, 0.05) is 30.5 Å². The number of ether oxygens (including phenoxy) is 1. The molecule has 0 unspecified atom stereocenters. The van der Waals surface area contributed by atoms with E-state index in [-0.39, 0.29) is 11.6 Å². The van der Waals surface area contributed by atoms with E-state index in [1.54, 1.807) is 6.33 Å². The molecule has 34 heavy (non-hydrogen) atoms. The summed E-state index contributed by atoms with van der Waals surface area (Å²) in [4.78, 5) is 22.3. The Hall–Kier alpha value is -2.48. The normalized spacial score (nSPS) is 23.0. The number of H-pyrrole nitrogens is 1. The van der Waals surface area contributed by atoms with E-state index in [9.17, 15) is 4.79 Å². The molecule has 1 N–H and O–H groups in total. The average molecular weight is 467 g/mol. The number of hydrogen-bond acceptors (Lipinski definition) is 6. The molecular weight excluding hydrogens is 428 g/mol. The Bertz CT molecular complexity index is 1110. The van der Waals surface area contributed by atoms with Gasteiger partial charge in [-0.3, -0.25) is 4.79 Å². The first kappa shape index (κ1) is 23.3. The molecule has 5 rings (SSSR count). The zero-order valence-electron chi connectivity index (χ0n) is 20.8. The van der Waals surface area contributed by atoms with Crippen molar-refractivity contribution in [3.63, 3.8) is 0 Å². The fourth-order valence-corrected chi connectivity index (χ4v) is 5.85. The number of rotatable bonds is 6. The summed E-state index contributed by atoms with van der Waals surface area (Å²) in [5, 5.41) is 10.0. The molecule has 1 saturated carbocycles. The van der Waals surface area contributed by atoms with Crippen molar-refractivity contribution in [2.45, 2.75) is 83.7 Å². The Kier molecular flexibility index (Phi) is 6.60. The van der Waals surface area contributed by atoms with E-state index < -0.39 is 0 Å². The molecule has 0 aromatic carbocycles. The van der Waals surface area contributed by atoms with Gasteiger partial charge in [-0.1, -0.05) is 5.21 Å². The number of esters is 1. The topological polar surface area (TPSA) is 88.4 Å². The maximum absolute atomic E-state index is 12.0. The van der Waals surface area contributed by atoms with Gasteiger partial charge < -0.3 is 14.6 Å². The maximum atomic E-state index is 12.0. The molecule has 8 heteroatoms. The van der Waals surface area contributed by atoms with Crippen molar-refractivity contribution in [3.05, 3.63) is 24.3 Å². The first-order valence-electron chi connectivity index (χ1n) is 13.0. The van der Waals surface area contributed by atoms with Gasteiger partial charge in [-0.2, -0.15) is 0 Å². The summed E-state index contributed by atoms with van der Waals surface area (Å²) in [7, 11) is 0. The molecule has 4 heterocycles. The van der Waals surface area contributed by atoms with Crippen LogP contribution in [0.1, 0.15) is 83.7 Å². The number of carbonyl (C=O) groups excluding carboxylic acids is 1. The summed E-state index contributed by atoms with van der Waals surface area (Å²) in [5.41, 5.74) is 2.77. The van der Waals surface area contributed by atoms with Gasteiger partial charge in [-0.05, 0) is 96.7 Å². The van der Waals surface area contributed by atoms with Gasteiger partial charge in [0.25, 0.3) is 0 Å². The fraction of sp³-hybridized carbons (Fsp3) is 0.692. The molecule has 2 aliphatic rings. The molecule has 0 atom stereocenters. The number of aromatic nitrogens is 5. The van der Waals surface area contributed by atoms with E-state index in [4.69, 9.17) is 4.74 Å². The smallest absolute Gasteiger partial charge is 0.306 e. The standard InChI is InChI=1S/C26H38N6O2/c1-26(2,3)34-22(33)9-6-18-11-14-31(15-12-18)16-19-4-7-20(8-5-19)23-24-21-10-13-27-25(21)28-17-32(24)30-29-23/h10,13,17-20,27H,4-9,11-12,14-16H2,1-3H3. The van der Waals surface area contributed by atoms with Crippen molar-refractivity contribution in [1.29, 1.82) is 0 Å². The zero-order chi connectivity index (χ0) is 23.7. The third kappa shape index (κ3) is 5.27. The molecule has 0 spiro atoms. The molecule has 3 aromatic heterocycles. The predicted octanol–water partition coefficient (Wildman–Crippen LogP) is 4.71. The molecule has 0 radical (unpaired) electrons. The zero-order valence-corrected chi connectivity index (χ0v) is 20.8. The lowest BCUT2D eigenvalue weighted by atomic mass is 9.79. The lowest BCUT2D eigenvalue weighted by Gasteiger charge is -2.36. The SMILES string of the molecule is CC(C)(C)OC(=O)CCC1CCN(CC2CCC(c3nnn4cnc5[nH]ccc5c34)CC2)CC1. The Morgan fingerprint density at radius 2 is 1.88 bits per heavy atom. The summed E-state index contributed by atoms with van der Waals surface area (Å²) < 4.78 is 7.29. The van der Waals surface area contributed by atoms with Gasteiger partial charge in [0.2, 0.25) is 0 Å². The minimum atomic E-state index is -0.383. The van der Waals surface area contributed by atoms with Crippen LogP contribution in [0, 0.1) is 11.8 Å². The Morgan fingerprint density at radius 3 is 2.62 bits per heavy atom. The van der Waals surface area contributed by atoms with Crippen LogP contribution in [0.25, 0.3) is 16.6 Å². The molecule has 3 aromatic rings. The number of likely N-dealkylation sites (tertiary alicyclic amines) is 1. The lowest BCUT2D eigenvalue weighted by Crippen LogP contribution is -2.38. The molecule has 1 aliphatic heterocycles. The van der Waals surface area contributed by atoms with Crippen LogP contribution in [0.2, 0.25) is 0 Å². The van der Waals surface area contributed by atoms with E-state index in [1.165, 1.54) is 45.1 Å².